The zero-order chi connectivity index (χ0) is 95.5. The number of rotatable bonds is 12. The van der Waals surface area contributed by atoms with Crippen LogP contribution in [0.15, 0.2) is 233 Å². The molecule has 14 N–H and O–H groups in total. The van der Waals surface area contributed by atoms with E-state index >= 15 is 0 Å². The molecule has 30 nitrogen and oxygen atoms in total. The minimum Gasteiger partial charge on any atom is -0.741 e. The average molecular weight is 2270 g/mol. The maximum Gasteiger partial charge on any atom is 2.00 e. The van der Waals surface area contributed by atoms with Gasteiger partial charge in [0.05, 0.1) is 49.4 Å². The van der Waals surface area contributed by atoms with Gasteiger partial charge in [-0.3, -0.25) is 0 Å². The smallest absolute Gasteiger partial charge is 0.741 e. The second kappa shape index (κ2) is 64.8. The molecule has 0 unspecified atom stereocenters. The van der Waals surface area contributed by atoms with Crippen LogP contribution >= 0.6 is 92.8 Å². The molecular formula is C66H86Cl8F6N8O22Pd2S10. The number of halogens is 14. The average Bonchev–Trinajstić information content (AvgIpc) is 0.861. The molecule has 8 aromatic rings. The second-order valence-corrected chi connectivity index (χ2v) is 40.2. The fourth-order valence-electron chi connectivity index (χ4n) is 5.80. The van der Waals surface area contributed by atoms with Crippen LogP contribution in [0, 0.1) is 55.4 Å². The molecule has 0 radical (unpaired) electrons. The molecule has 0 aromatic heterocycles. The molecule has 0 saturated heterocycles. The van der Waals surface area contributed by atoms with Gasteiger partial charge >= 0.3 is 51.9 Å². The molecule has 0 saturated carbocycles. The SMILES string of the molecule is Cc1ccc(S(N)(=O)=O)cc1.Cc1ccc(S(N)(=O)=O)cc1.Cc1ccc(S(N)(=O)=O)cc1.Cc1ccc(S(N)(=O)=O)cc1.Cc1ccc(S(N)(=O)=O)cc1.Cc1ccc(S(N)(=O)=O)cc1.Cc1ccc(S([NH-])(=O)=O)cc1.Cc1ccc(S([NH-])(=O)=O)cc1.ClCCCl.ClCCCl.ClCCCl.ClCCCl.O=S(=O)([O-])C(F)(F)F.O=S(=O)([O-])C(F)(F)F.[Pd+2].[Pd+2]. The van der Waals surface area contributed by atoms with Gasteiger partial charge in [0.2, 0.25) is 60.1 Å². The zero-order valence-corrected chi connectivity index (χ0v) is 81.9. The van der Waals surface area contributed by atoms with Crippen molar-refractivity contribution >= 4 is 193 Å². The summed E-state index contributed by atoms with van der Waals surface area (Å²) in [6.07, 6.45) is 0. The van der Waals surface area contributed by atoms with E-state index in [1.807, 2.05) is 55.4 Å². The summed E-state index contributed by atoms with van der Waals surface area (Å²) in [4.78, 5) is 1.02. The molecule has 0 aliphatic heterocycles. The molecule has 0 aliphatic rings. The Hall–Kier alpha value is -3.92. The predicted octanol–water partition coefficient (Wildman–Crippen LogP) is 13.3. The fraction of sp³-hybridized carbons (Fsp3) is 0.273. The predicted molar refractivity (Wildman–Crippen MR) is 458 cm³/mol. The van der Waals surface area contributed by atoms with Crippen LogP contribution < -0.4 is 30.8 Å². The topological polar surface area (TPSA) is 591 Å². The summed E-state index contributed by atoms with van der Waals surface area (Å²) in [6.45, 7) is 15.0. The van der Waals surface area contributed by atoms with Gasteiger partial charge in [-0.05, 0) is 152 Å². The van der Waals surface area contributed by atoms with E-state index < -0.39 is 111 Å². The summed E-state index contributed by atoms with van der Waals surface area (Å²) in [6, 6.07) is 50.8. The Labute approximate surface area is 778 Å². The molecule has 700 valence electrons. The minimum atomic E-state index is -6.09. The number of aryl methyl sites for hydroxylation is 8. The van der Waals surface area contributed by atoms with Gasteiger partial charge in [-0.25, -0.2) is 115 Å². The first-order valence-electron chi connectivity index (χ1n) is 31.4. The van der Waals surface area contributed by atoms with Gasteiger partial charge < -0.3 is 19.4 Å². The maximum atomic E-state index is 10.7. The fourth-order valence-corrected chi connectivity index (χ4v) is 9.88. The van der Waals surface area contributed by atoms with Gasteiger partial charge in [0, 0.05) is 56.8 Å². The molecular weight excluding hydrogens is 2190 g/mol. The second-order valence-electron chi connectivity index (χ2n) is 22.1. The molecule has 8 rings (SSSR count). The Morgan fingerprint density at radius 1 is 0.230 bits per heavy atom. The third kappa shape index (κ3) is 72.0. The van der Waals surface area contributed by atoms with Crippen LogP contribution in [0.4, 0.5) is 26.3 Å². The normalized spacial score (nSPS) is 11.1. The van der Waals surface area contributed by atoms with Crippen molar-refractivity contribution < 1.29 is 160 Å². The maximum absolute atomic E-state index is 10.7. The number of benzene rings is 8. The summed E-state index contributed by atoms with van der Waals surface area (Å²) in [5.41, 5.74) is -3.26. The van der Waals surface area contributed by atoms with Crippen LogP contribution in [0.1, 0.15) is 44.5 Å². The van der Waals surface area contributed by atoms with Crippen LogP contribution in [-0.4, -0.2) is 151 Å². The summed E-state index contributed by atoms with van der Waals surface area (Å²) in [5, 5.41) is 42.7. The molecule has 0 fully saturated rings. The summed E-state index contributed by atoms with van der Waals surface area (Å²) < 4.78 is 289. The van der Waals surface area contributed by atoms with E-state index in [0.29, 0.717) is 47.0 Å². The Morgan fingerprint density at radius 3 is 0.352 bits per heavy atom. The van der Waals surface area contributed by atoms with Crippen molar-refractivity contribution in [3.63, 3.8) is 0 Å². The molecule has 8 aromatic carbocycles. The first-order chi connectivity index (χ1) is 54.1. The molecule has 0 bridgehead atoms. The van der Waals surface area contributed by atoms with Crippen molar-refractivity contribution in [1.82, 2.24) is 0 Å². The number of sulfonamides is 8. The van der Waals surface area contributed by atoms with Crippen LogP contribution in [0.5, 0.6) is 0 Å². The largest absolute Gasteiger partial charge is 2.00 e. The standard InChI is InChI=1S/6C7H9NO2S.2C7H8NO2S.4C2H4Cl2.2CHF3O3S.2Pd/c8*1-6-2-4-7(5-3-6)11(8,9)10;4*3-1-2-4;2*2-1(3,4)8(5,6)7;;/h6*2-5H,1H3,(H2,8,9,10);2*2-5H,1H3,(H-,8,9,10);4*1-2H2;2*(H,5,6,7);;/q;;;;;;2*-1;;;;;;;2*+2/p-2. The quantitative estimate of drug-likeness (QED) is 0.0217. The molecule has 56 heteroatoms. The van der Waals surface area contributed by atoms with Gasteiger partial charge in [0.25, 0.3) is 0 Å². The summed E-state index contributed by atoms with van der Waals surface area (Å²) >= 11 is 40.4. The first-order valence-corrected chi connectivity index (χ1v) is 50.7. The van der Waals surface area contributed by atoms with E-state index in [1.165, 1.54) is 97.1 Å². The molecule has 122 heavy (non-hydrogen) atoms. The monoisotopic (exact) mass is 2270 g/mol. The zero-order valence-electron chi connectivity index (χ0n) is 64.6. The van der Waals surface area contributed by atoms with Crippen molar-refractivity contribution in [1.29, 1.82) is 0 Å². The molecule has 0 spiro atoms. The van der Waals surface area contributed by atoms with Gasteiger partial charge in [0.15, 0.2) is 20.2 Å². The van der Waals surface area contributed by atoms with E-state index in [0.717, 1.165) is 44.5 Å². The number of nitrogens with one attached hydrogen (secondary N) is 2. The van der Waals surface area contributed by atoms with Gasteiger partial charge in [-0.2, -0.15) is 26.3 Å². The first kappa shape index (κ1) is 134. The third-order valence-electron chi connectivity index (χ3n) is 11.6. The number of hydrogen-bond donors (Lipinski definition) is 6. The van der Waals surface area contributed by atoms with Crippen molar-refractivity contribution in [2.24, 2.45) is 30.8 Å². The van der Waals surface area contributed by atoms with E-state index in [4.69, 9.17) is 160 Å². The number of primary sulfonamides is 6. The Bertz CT molecular complexity index is 4550. The Balaban J connectivity index is -0.000000193. The van der Waals surface area contributed by atoms with Crippen molar-refractivity contribution in [3.8, 4) is 0 Å². The molecule has 0 aliphatic carbocycles. The third-order valence-corrected chi connectivity index (χ3v) is 22.4. The van der Waals surface area contributed by atoms with Gasteiger partial charge in [-0.1, -0.05) is 142 Å². The summed E-state index contributed by atoms with van der Waals surface area (Å²) in [7, 11) is -40.8. The number of hydrogen-bond acceptors (Lipinski definition) is 22. The number of nitrogens with two attached hydrogens (primary N) is 6. The van der Waals surface area contributed by atoms with Gasteiger partial charge in [-0.15, -0.1) is 92.8 Å². The van der Waals surface area contributed by atoms with Crippen molar-refractivity contribution in [2.75, 3.05) is 47.0 Å². The van der Waals surface area contributed by atoms with Crippen molar-refractivity contribution in [3.05, 3.63) is 249 Å². The molecule has 0 heterocycles. The summed E-state index contributed by atoms with van der Waals surface area (Å²) in [5.74, 6) is 4.46. The van der Waals surface area contributed by atoms with Crippen molar-refractivity contribution in [2.45, 2.75) is 106 Å². The Kier molecular flexibility index (Phi) is 70.9. The Morgan fingerprint density at radius 2 is 0.303 bits per heavy atom. The molecule has 0 atom stereocenters. The number of alkyl halides is 14. The van der Waals surface area contributed by atoms with Crippen LogP contribution in [0.2, 0.25) is 0 Å². The van der Waals surface area contributed by atoms with E-state index in [1.54, 1.807) is 97.1 Å². The van der Waals surface area contributed by atoms with E-state index in [9.17, 15) is 93.7 Å². The van der Waals surface area contributed by atoms with Crippen LogP contribution in [-0.2, 0) is 141 Å². The van der Waals surface area contributed by atoms with Gasteiger partial charge in [0.1, 0.15) is 0 Å². The van der Waals surface area contributed by atoms with Crippen LogP contribution in [0.25, 0.3) is 10.3 Å². The molecule has 0 amide bonds. The van der Waals surface area contributed by atoms with E-state index in [-0.39, 0.29) is 80.0 Å². The van der Waals surface area contributed by atoms with Crippen LogP contribution in [0.3, 0.4) is 0 Å². The minimum absolute atomic E-state index is 0. The van der Waals surface area contributed by atoms with E-state index in [2.05, 4.69) is 0 Å².